The van der Waals surface area contributed by atoms with Crippen LogP contribution in [0.25, 0.3) is 0 Å². The van der Waals surface area contributed by atoms with Crippen LogP contribution in [0.2, 0.25) is 0 Å². The molecule has 0 aliphatic carbocycles. The minimum absolute atomic E-state index is 0.0745. The van der Waals surface area contributed by atoms with Crippen molar-refractivity contribution >= 4 is 22.2 Å². The van der Waals surface area contributed by atoms with Crippen LogP contribution in [0.5, 0.6) is 5.75 Å². The van der Waals surface area contributed by atoms with Crippen LogP contribution in [0.4, 0.5) is 35.1 Å². The molecule has 0 aromatic heterocycles. The molecule has 15 heteroatoms. The zero-order valence-electron chi connectivity index (χ0n) is 17.9. The zero-order valence-corrected chi connectivity index (χ0v) is 18.7. The minimum atomic E-state index is -4.69. The van der Waals surface area contributed by atoms with Crippen LogP contribution in [0, 0.1) is 29.1 Å². The molecule has 3 rings (SSSR count). The first-order chi connectivity index (χ1) is 17.2. The van der Waals surface area contributed by atoms with E-state index in [2.05, 4.69) is 5.10 Å². The van der Waals surface area contributed by atoms with Crippen LogP contribution in [0.3, 0.4) is 0 Å². The predicted octanol–water partition coefficient (Wildman–Crippen LogP) is 4.86. The smallest absolute Gasteiger partial charge is 0.378 e. The van der Waals surface area contributed by atoms with Crippen LogP contribution in [-0.2, 0) is 27.5 Å². The molecule has 3 aromatic carbocycles. The lowest BCUT2D eigenvalue weighted by Crippen LogP contribution is -2.22. The Balaban J connectivity index is 1.74. The molecule has 1 amide bonds. The summed E-state index contributed by atoms with van der Waals surface area (Å²) < 4.78 is 135. The molecule has 0 heterocycles. The Kier molecular flexibility index (Phi) is 7.86. The molecule has 0 bridgehead atoms. The summed E-state index contributed by atoms with van der Waals surface area (Å²) in [4.78, 5) is 11.3. The van der Waals surface area contributed by atoms with Gasteiger partial charge in [0.2, 0.25) is 11.7 Å². The van der Waals surface area contributed by atoms with Crippen molar-refractivity contribution in [3.63, 3.8) is 0 Å². The number of amides is 1. The van der Waals surface area contributed by atoms with Crippen LogP contribution in [0.15, 0.2) is 58.5 Å². The number of halogens is 8. The Bertz CT molecular complexity index is 1440. The van der Waals surface area contributed by atoms with E-state index in [0.717, 1.165) is 12.3 Å². The summed E-state index contributed by atoms with van der Waals surface area (Å²) >= 11 is 0. The Labute approximate surface area is 203 Å². The van der Waals surface area contributed by atoms with Gasteiger partial charge in [0.25, 0.3) is 0 Å². The summed E-state index contributed by atoms with van der Waals surface area (Å²) in [6.45, 7) is 0. The first-order valence-electron chi connectivity index (χ1n) is 9.75. The highest BCUT2D eigenvalue weighted by molar-refractivity contribution is 7.87. The van der Waals surface area contributed by atoms with Crippen LogP contribution < -0.4 is 9.61 Å². The number of hydrogen-bond acceptors (Lipinski definition) is 5. The summed E-state index contributed by atoms with van der Waals surface area (Å²) in [6, 6.07) is 7.62. The standard InChI is InChI=1S/C22H12F8N2O4S/c23-17-14(18(24)20(26)21(27)19(17)25)9-16(33)32-31-10-11-3-1-2-4-15(11)36-37(34,35)13-7-5-12(6-8-13)22(28,29)30/h1-8,10H,9H2,(H,32,33). The number of hydrazone groups is 1. The molecular formula is C22H12F8N2O4S. The SMILES string of the molecule is O=C(Cc1c(F)c(F)c(F)c(F)c1F)NN=Cc1ccccc1OS(=O)(=O)c1ccc(C(F)(F)F)cc1. The molecule has 196 valence electrons. The number of nitrogens with zero attached hydrogens (tertiary/aromatic N) is 1. The van der Waals surface area contributed by atoms with Gasteiger partial charge in [-0.25, -0.2) is 27.4 Å². The normalized spacial score (nSPS) is 12.1. The van der Waals surface area contributed by atoms with Crippen molar-refractivity contribution in [2.75, 3.05) is 0 Å². The van der Waals surface area contributed by atoms with E-state index in [4.69, 9.17) is 4.18 Å². The third kappa shape index (κ3) is 6.22. The highest BCUT2D eigenvalue weighted by Crippen LogP contribution is 2.30. The van der Waals surface area contributed by atoms with Gasteiger partial charge in [-0.2, -0.15) is 26.7 Å². The van der Waals surface area contributed by atoms with Crippen LogP contribution in [-0.4, -0.2) is 20.5 Å². The molecule has 0 atom stereocenters. The average Bonchev–Trinajstić information content (AvgIpc) is 2.84. The average molecular weight is 552 g/mol. The summed E-state index contributed by atoms with van der Waals surface area (Å²) in [6.07, 6.45) is -5.12. The molecule has 37 heavy (non-hydrogen) atoms. The van der Waals surface area contributed by atoms with Gasteiger partial charge in [-0.05, 0) is 36.4 Å². The molecule has 0 aliphatic rings. The van der Waals surface area contributed by atoms with Gasteiger partial charge in [0.1, 0.15) is 4.90 Å². The Morgan fingerprint density at radius 1 is 0.865 bits per heavy atom. The van der Waals surface area contributed by atoms with Crippen molar-refractivity contribution in [1.82, 2.24) is 5.43 Å². The van der Waals surface area contributed by atoms with Crippen molar-refractivity contribution in [3.8, 4) is 5.75 Å². The topological polar surface area (TPSA) is 84.8 Å². The van der Waals surface area contributed by atoms with E-state index >= 15 is 0 Å². The lowest BCUT2D eigenvalue weighted by molar-refractivity contribution is -0.137. The Morgan fingerprint density at radius 3 is 1.97 bits per heavy atom. The second kappa shape index (κ2) is 10.5. The largest absolute Gasteiger partial charge is 0.416 e. The van der Waals surface area contributed by atoms with E-state index in [1.54, 1.807) is 5.43 Å². The van der Waals surface area contributed by atoms with E-state index in [1.807, 2.05) is 0 Å². The quantitative estimate of drug-likeness (QED) is 0.113. The second-order valence-electron chi connectivity index (χ2n) is 7.12. The van der Waals surface area contributed by atoms with Gasteiger partial charge in [-0.3, -0.25) is 4.79 Å². The highest BCUT2D eigenvalue weighted by atomic mass is 32.2. The molecular weight excluding hydrogens is 540 g/mol. The van der Waals surface area contributed by atoms with Gasteiger partial charge >= 0.3 is 16.3 Å². The van der Waals surface area contributed by atoms with Gasteiger partial charge in [-0.1, -0.05) is 12.1 Å². The van der Waals surface area contributed by atoms with E-state index < -0.39 is 73.7 Å². The van der Waals surface area contributed by atoms with E-state index in [0.29, 0.717) is 24.3 Å². The fourth-order valence-corrected chi connectivity index (χ4v) is 3.77. The number of benzene rings is 3. The van der Waals surface area contributed by atoms with Gasteiger partial charge in [0.15, 0.2) is 29.0 Å². The fourth-order valence-electron chi connectivity index (χ4n) is 2.82. The summed E-state index contributed by atoms with van der Waals surface area (Å²) in [5.41, 5.74) is -0.774. The monoisotopic (exact) mass is 552 g/mol. The summed E-state index contributed by atoms with van der Waals surface area (Å²) in [7, 11) is -4.60. The fraction of sp³-hybridized carbons (Fsp3) is 0.0909. The number of alkyl halides is 3. The van der Waals surface area contributed by atoms with Gasteiger partial charge < -0.3 is 4.18 Å². The lowest BCUT2D eigenvalue weighted by atomic mass is 10.1. The predicted molar refractivity (Wildman–Crippen MR) is 111 cm³/mol. The molecule has 0 unspecified atom stereocenters. The molecule has 0 saturated heterocycles. The van der Waals surface area contributed by atoms with Crippen molar-refractivity contribution in [2.24, 2.45) is 5.10 Å². The maximum absolute atomic E-state index is 13.7. The molecule has 1 N–H and O–H groups in total. The van der Waals surface area contributed by atoms with Gasteiger partial charge in [0.05, 0.1) is 18.2 Å². The first kappa shape index (κ1) is 27.6. The number of carbonyl (C=O) groups excluding carboxylic acids is 1. The number of hydrogen-bond donors (Lipinski definition) is 1. The molecule has 0 fully saturated rings. The summed E-state index contributed by atoms with van der Waals surface area (Å²) in [5.74, 6) is -12.9. The van der Waals surface area contributed by atoms with Gasteiger partial charge in [0, 0.05) is 11.1 Å². The number of nitrogens with one attached hydrogen (secondary N) is 1. The van der Waals surface area contributed by atoms with E-state index in [-0.39, 0.29) is 11.3 Å². The van der Waals surface area contributed by atoms with E-state index in [9.17, 15) is 48.3 Å². The molecule has 0 spiro atoms. The number of para-hydroxylation sites is 1. The third-order valence-electron chi connectivity index (χ3n) is 4.62. The first-order valence-corrected chi connectivity index (χ1v) is 11.2. The van der Waals surface area contributed by atoms with Crippen LogP contribution >= 0.6 is 0 Å². The Hall–Kier alpha value is -4.01. The van der Waals surface area contributed by atoms with Crippen molar-refractivity contribution in [2.45, 2.75) is 17.5 Å². The summed E-state index contributed by atoms with van der Waals surface area (Å²) in [5, 5.41) is 3.43. The van der Waals surface area contributed by atoms with Gasteiger partial charge in [-0.15, -0.1) is 0 Å². The number of rotatable bonds is 7. The molecule has 3 aromatic rings. The van der Waals surface area contributed by atoms with E-state index in [1.165, 1.54) is 18.2 Å². The molecule has 0 aliphatic heterocycles. The maximum atomic E-state index is 13.7. The second-order valence-corrected chi connectivity index (χ2v) is 8.66. The van der Waals surface area contributed by atoms with Crippen molar-refractivity contribution in [3.05, 3.63) is 94.3 Å². The molecule has 0 saturated carbocycles. The van der Waals surface area contributed by atoms with Crippen LogP contribution in [0.1, 0.15) is 16.7 Å². The maximum Gasteiger partial charge on any atom is 0.416 e. The highest BCUT2D eigenvalue weighted by Gasteiger charge is 2.31. The lowest BCUT2D eigenvalue weighted by Gasteiger charge is -2.11. The minimum Gasteiger partial charge on any atom is -0.378 e. The number of carbonyl (C=O) groups is 1. The van der Waals surface area contributed by atoms with Crippen molar-refractivity contribution in [1.29, 1.82) is 0 Å². The Morgan fingerprint density at radius 2 is 1.41 bits per heavy atom. The molecule has 0 radical (unpaired) electrons. The zero-order chi connectivity index (χ0) is 27.5. The third-order valence-corrected chi connectivity index (χ3v) is 5.87. The molecule has 6 nitrogen and oxygen atoms in total. The van der Waals surface area contributed by atoms with Crippen molar-refractivity contribution < 1.29 is 52.5 Å².